The molecule has 0 spiro atoms. The van der Waals surface area contributed by atoms with Crippen molar-refractivity contribution in [3.63, 3.8) is 0 Å². The summed E-state index contributed by atoms with van der Waals surface area (Å²) in [5.41, 5.74) is 0.733. The molecule has 0 saturated heterocycles. The molecular formula is C26H25F2N3O2. The molecule has 2 aromatic carbocycles. The number of nitrogens with zero attached hydrogens (tertiary/aromatic N) is 2. The van der Waals surface area contributed by atoms with Crippen LogP contribution in [0.2, 0.25) is 0 Å². The Bertz CT molecular complexity index is 1100. The van der Waals surface area contributed by atoms with E-state index in [0.29, 0.717) is 5.56 Å². The molecule has 0 bridgehead atoms. The van der Waals surface area contributed by atoms with Crippen LogP contribution >= 0.6 is 0 Å². The Kier molecular flexibility index (Phi) is 7.07. The molecule has 3 aromatic rings. The van der Waals surface area contributed by atoms with Crippen LogP contribution in [-0.4, -0.2) is 22.8 Å². The topological polar surface area (TPSA) is 62.3 Å². The van der Waals surface area contributed by atoms with E-state index in [4.69, 9.17) is 0 Å². The molecule has 1 saturated carbocycles. The lowest BCUT2D eigenvalue weighted by Crippen LogP contribution is -2.47. The van der Waals surface area contributed by atoms with Gasteiger partial charge in [0.15, 0.2) is 0 Å². The number of rotatable bonds is 6. The van der Waals surface area contributed by atoms with Gasteiger partial charge in [0.2, 0.25) is 5.91 Å². The molecular weight excluding hydrogens is 424 g/mol. The SMILES string of the molecule is O=C(NC1CCCCC1)C(c1ccc(F)cc1)N(C(=O)c1ccccn1)c1cccc(F)c1. The van der Waals surface area contributed by atoms with Gasteiger partial charge in [0.05, 0.1) is 0 Å². The van der Waals surface area contributed by atoms with E-state index in [1.807, 2.05) is 0 Å². The van der Waals surface area contributed by atoms with Crippen LogP contribution < -0.4 is 10.2 Å². The number of hydrogen-bond donors (Lipinski definition) is 1. The average molecular weight is 450 g/mol. The van der Waals surface area contributed by atoms with Gasteiger partial charge in [-0.25, -0.2) is 8.78 Å². The first kappa shape index (κ1) is 22.6. The molecule has 1 aliphatic carbocycles. The zero-order valence-electron chi connectivity index (χ0n) is 18.1. The highest BCUT2D eigenvalue weighted by Crippen LogP contribution is 2.31. The van der Waals surface area contributed by atoms with E-state index in [2.05, 4.69) is 10.3 Å². The summed E-state index contributed by atoms with van der Waals surface area (Å²) >= 11 is 0. The minimum Gasteiger partial charge on any atom is -0.351 e. The summed E-state index contributed by atoms with van der Waals surface area (Å²) in [6.07, 6.45) is 6.36. The molecule has 33 heavy (non-hydrogen) atoms. The molecule has 4 rings (SSSR count). The maximum absolute atomic E-state index is 14.2. The fourth-order valence-electron chi connectivity index (χ4n) is 4.21. The van der Waals surface area contributed by atoms with Gasteiger partial charge < -0.3 is 5.32 Å². The van der Waals surface area contributed by atoms with Crippen LogP contribution in [0.25, 0.3) is 0 Å². The lowest BCUT2D eigenvalue weighted by Gasteiger charge is -2.33. The Hall–Kier alpha value is -3.61. The van der Waals surface area contributed by atoms with Gasteiger partial charge in [-0.3, -0.25) is 19.5 Å². The predicted molar refractivity (Wildman–Crippen MR) is 122 cm³/mol. The second-order valence-electron chi connectivity index (χ2n) is 8.17. The van der Waals surface area contributed by atoms with Crippen LogP contribution in [0, 0.1) is 11.6 Å². The Morgan fingerprint density at radius 1 is 0.909 bits per heavy atom. The van der Waals surface area contributed by atoms with Crippen LogP contribution in [-0.2, 0) is 4.79 Å². The minimum absolute atomic E-state index is 0.00601. The number of halogens is 2. The van der Waals surface area contributed by atoms with E-state index in [-0.39, 0.29) is 17.4 Å². The van der Waals surface area contributed by atoms with Crippen LogP contribution in [0.15, 0.2) is 72.9 Å². The standard InChI is InChI=1S/C26H25F2N3O2/c27-19-14-12-18(13-15-19)24(25(32)30-21-8-2-1-3-9-21)31(22-10-6-7-20(28)17-22)26(33)23-11-4-5-16-29-23/h4-7,10-17,21,24H,1-3,8-9H2,(H,30,32). The van der Waals surface area contributed by atoms with Crippen molar-refractivity contribution >= 4 is 17.5 Å². The van der Waals surface area contributed by atoms with Crippen LogP contribution in [0.4, 0.5) is 14.5 Å². The number of hydrogen-bond acceptors (Lipinski definition) is 3. The number of nitrogens with one attached hydrogen (secondary N) is 1. The van der Waals surface area contributed by atoms with Crippen molar-refractivity contribution in [1.29, 1.82) is 0 Å². The Labute approximate surface area is 191 Å². The number of benzene rings is 2. The lowest BCUT2D eigenvalue weighted by molar-refractivity contribution is -0.123. The van der Waals surface area contributed by atoms with Gasteiger partial charge in [0, 0.05) is 17.9 Å². The second-order valence-corrected chi connectivity index (χ2v) is 8.17. The molecule has 1 unspecified atom stereocenters. The Morgan fingerprint density at radius 2 is 1.67 bits per heavy atom. The van der Waals surface area contributed by atoms with Crippen LogP contribution in [0.3, 0.4) is 0 Å². The Balaban J connectivity index is 1.80. The number of anilines is 1. The number of carbonyl (C=O) groups excluding carboxylic acids is 2. The third-order valence-corrected chi connectivity index (χ3v) is 5.83. The number of aromatic nitrogens is 1. The molecule has 1 atom stereocenters. The molecule has 5 nitrogen and oxygen atoms in total. The zero-order valence-corrected chi connectivity index (χ0v) is 18.1. The van der Waals surface area contributed by atoms with Gasteiger partial charge in [-0.15, -0.1) is 0 Å². The van der Waals surface area contributed by atoms with Crippen molar-refractivity contribution in [2.45, 2.75) is 44.2 Å². The monoisotopic (exact) mass is 449 g/mol. The number of amides is 2. The molecule has 170 valence electrons. The number of pyridine rings is 1. The van der Waals surface area contributed by atoms with Crippen LogP contribution in [0.1, 0.15) is 54.2 Å². The summed E-state index contributed by atoms with van der Waals surface area (Å²) in [6.45, 7) is 0. The van der Waals surface area contributed by atoms with Gasteiger partial charge in [-0.2, -0.15) is 0 Å². The van der Waals surface area contributed by atoms with E-state index in [1.54, 1.807) is 18.2 Å². The maximum Gasteiger partial charge on any atom is 0.277 e. The van der Waals surface area contributed by atoms with Crippen molar-refractivity contribution in [3.8, 4) is 0 Å². The predicted octanol–water partition coefficient (Wildman–Crippen LogP) is 5.20. The van der Waals surface area contributed by atoms with Gasteiger partial charge in [-0.1, -0.05) is 43.5 Å². The maximum atomic E-state index is 14.2. The van der Waals surface area contributed by atoms with Gasteiger partial charge in [0.1, 0.15) is 23.4 Å². The molecule has 1 N–H and O–H groups in total. The first-order chi connectivity index (χ1) is 16.0. The van der Waals surface area contributed by atoms with E-state index in [0.717, 1.165) is 32.1 Å². The van der Waals surface area contributed by atoms with Crippen molar-refractivity contribution < 1.29 is 18.4 Å². The van der Waals surface area contributed by atoms with Crippen molar-refractivity contribution in [3.05, 3.63) is 95.8 Å². The van der Waals surface area contributed by atoms with Gasteiger partial charge >= 0.3 is 0 Å². The van der Waals surface area contributed by atoms with E-state index >= 15 is 0 Å². The fourth-order valence-corrected chi connectivity index (χ4v) is 4.21. The molecule has 1 aliphatic rings. The smallest absolute Gasteiger partial charge is 0.277 e. The minimum atomic E-state index is -1.14. The van der Waals surface area contributed by atoms with Crippen molar-refractivity contribution in [2.24, 2.45) is 0 Å². The first-order valence-corrected chi connectivity index (χ1v) is 11.1. The lowest BCUT2D eigenvalue weighted by atomic mass is 9.94. The fraction of sp³-hybridized carbons (Fsp3) is 0.269. The summed E-state index contributed by atoms with van der Waals surface area (Å²) in [5, 5.41) is 3.06. The average Bonchev–Trinajstić information content (AvgIpc) is 2.84. The summed E-state index contributed by atoms with van der Waals surface area (Å²) in [6, 6.07) is 14.7. The summed E-state index contributed by atoms with van der Waals surface area (Å²) in [5.74, 6) is -1.97. The van der Waals surface area contributed by atoms with Crippen LogP contribution in [0.5, 0.6) is 0 Å². The molecule has 1 fully saturated rings. The number of carbonyl (C=O) groups is 2. The highest BCUT2D eigenvalue weighted by molar-refractivity contribution is 6.09. The van der Waals surface area contributed by atoms with E-state index in [9.17, 15) is 18.4 Å². The molecule has 2 amide bonds. The largest absolute Gasteiger partial charge is 0.351 e. The molecule has 7 heteroatoms. The third kappa shape index (κ3) is 5.42. The second kappa shape index (κ2) is 10.3. The van der Waals surface area contributed by atoms with Crippen molar-refractivity contribution in [2.75, 3.05) is 4.90 Å². The molecule has 0 radical (unpaired) electrons. The first-order valence-electron chi connectivity index (χ1n) is 11.1. The quantitative estimate of drug-likeness (QED) is 0.563. The highest BCUT2D eigenvalue weighted by atomic mass is 19.1. The van der Waals surface area contributed by atoms with Crippen molar-refractivity contribution in [1.82, 2.24) is 10.3 Å². The normalized spacial score (nSPS) is 15.0. The van der Waals surface area contributed by atoms with E-state index in [1.165, 1.54) is 59.6 Å². The summed E-state index contributed by atoms with van der Waals surface area (Å²) in [4.78, 5) is 32.6. The van der Waals surface area contributed by atoms with E-state index < -0.39 is 29.5 Å². The van der Waals surface area contributed by atoms with Gasteiger partial charge in [-0.05, 0) is 60.9 Å². The third-order valence-electron chi connectivity index (χ3n) is 5.83. The summed E-state index contributed by atoms with van der Waals surface area (Å²) in [7, 11) is 0. The Morgan fingerprint density at radius 3 is 2.33 bits per heavy atom. The molecule has 1 heterocycles. The zero-order chi connectivity index (χ0) is 23.2. The molecule has 0 aliphatic heterocycles. The van der Waals surface area contributed by atoms with Gasteiger partial charge in [0.25, 0.3) is 5.91 Å². The highest BCUT2D eigenvalue weighted by Gasteiger charge is 2.35. The summed E-state index contributed by atoms with van der Waals surface area (Å²) < 4.78 is 27.9. The molecule has 1 aromatic heterocycles.